The van der Waals surface area contributed by atoms with Crippen LogP contribution in [0.25, 0.3) is 0 Å². The third kappa shape index (κ3) is 7.76. The Labute approximate surface area is 191 Å². The largest absolute Gasteiger partial charge is 0.481 e. The van der Waals surface area contributed by atoms with Gasteiger partial charge in [0.25, 0.3) is 0 Å². The molecule has 1 unspecified atom stereocenters. The fraction of sp³-hybridized carbons (Fsp3) is 0.286. The van der Waals surface area contributed by atoms with E-state index in [4.69, 9.17) is 16.7 Å². The molecule has 2 aromatic carbocycles. The van der Waals surface area contributed by atoms with E-state index in [9.17, 15) is 27.6 Å². The van der Waals surface area contributed by atoms with E-state index in [1.807, 2.05) is 0 Å². The van der Waals surface area contributed by atoms with Gasteiger partial charge < -0.3 is 15.7 Å². The van der Waals surface area contributed by atoms with Crippen LogP contribution in [0.3, 0.4) is 0 Å². The second kappa shape index (κ2) is 11.2. The van der Waals surface area contributed by atoms with Crippen molar-refractivity contribution in [3.05, 3.63) is 53.1 Å². The zero-order valence-electron chi connectivity index (χ0n) is 16.8. The summed E-state index contributed by atoms with van der Waals surface area (Å²) < 4.78 is 39.8. The lowest BCUT2D eigenvalue weighted by Gasteiger charge is -2.18. The summed E-state index contributed by atoms with van der Waals surface area (Å²) in [7, 11) is 0. The van der Waals surface area contributed by atoms with Crippen LogP contribution in [0, 0.1) is 0 Å². The predicted octanol–water partition coefficient (Wildman–Crippen LogP) is 5.67. The molecule has 2 aromatic rings. The molecule has 0 aliphatic carbocycles. The van der Waals surface area contributed by atoms with Crippen LogP contribution in [-0.2, 0) is 20.6 Å². The van der Waals surface area contributed by atoms with Gasteiger partial charge in [-0.05, 0) is 42.8 Å². The summed E-state index contributed by atoms with van der Waals surface area (Å²) in [5.74, 6) is -2.17. The highest BCUT2D eigenvalue weighted by Crippen LogP contribution is 2.37. The number of nitrogens with one attached hydrogen (secondary N) is 2. The standard InChI is InChI=1S/C21H20ClF3N2O4S/c1-2-17(20(31)27-16-7-6-12(22)10-15(16)21(23,24)25)32-14-5-3-4-13(11-14)26-18(28)8-9-19(29)30/h3-7,10-11,17H,2,8-9H2,1H3,(H,26,28)(H,27,31)(H,29,30). The fourth-order valence-electron chi connectivity index (χ4n) is 2.65. The van der Waals surface area contributed by atoms with Crippen molar-refractivity contribution in [3.8, 4) is 0 Å². The SMILES string of the molecule is CCC(Sc1cccc(NC(=O)CCC(=O)O)c1)C(=O)Nc1ccc(Cl)cc1C(F)(F)F. The summed E-state index contributed by atoms with van der Waals surface area (Å²) in [4.78, 5) is 35.6. The number of alkyl halides is 3. The molecule has 2 rings (SSSR count). The molecule has 0 saturated carbocycles. The van der Waals surface area contributed by atoms with Gasteiger partial charge in [-0.25, -0.2) is 0 Å². The summed E-state index contributed by atoms with van der Waals surface area (Å²) in [5.41, 5.74) is -1.01. The molecule has 1 atom stereocenters. The molecule has 0 bridgehead atoms. The lowest BCUT2D eigenvalue weighted by atomic mass is 10.1. The quantitative estimate of drug-likeness (QED) is 0.395. The first kappa shape index (κ1) is 25.5. The molecule has 0 aliphatic rings. The first-order valence-corrected chi connectivity index (χ1v) is 10.7. The number of hydrogen-bond donors (Lipinski definition) is 3. The molecule has 0 radical (unpaired) electrons. The number of benzene rings is 2. The molecule has 32 heavy (non-hydrogen) atoms. The molecule has 0 fully saturated rings. The highest BCUT2D eigenvalue weighted by atomic mass is 35.5. The Morgan fingerprint density at radius 3 is 2.44 bits per heavy atom. The highest BCUT2D eigenvalue weighted by Gasteiger charge is 2.34. The molecule has 172 valence electrons. The van der Waals surface area contributed by atoms with Gasteiger partial charge in [0.1, 0.15) is 0 Å². The van der Waals surface area contributed by atoms with E-state index >= 15 is 0 Å². The number of carbonyl (C=O) groups excluding carboxylic acids is 2. The molecular formula is C21H20ClF3N2O4S. The van der Waals surface area contributed by atoms with Crippen molar-refractivity contribution in [2.75, 3.05) is 10.6 Å². The van der Waals surface area contributed by atoms with E-state index in [-0.39, 0.29) is 23.6 Å². The minimum absolute atomic E-state index is 0.0982. The van der Waals surface area contributed by atoms with Gasteiger partial charge in [-0.15, -0.1) is 11.8 Å². The number of anilines is 2. The first-order chi connectivity index (χ1) is 15.0. The van der Waals surface area contributed by atoms with Crippen LogP contribution < -0.4 is 10.6 Å². The summed E-state index contributed by atoms with van der Waals surface area (Å²) in [6, 6.07) is 9.65. The van der Waals surface area contributed by atoms with Crippen LogP contribution in [0.15, 0.2) is 47.4 Å². The van der Waals surface area contributed by atoms with Gasteiger partial charge in [-0.2, -0.15) is 13.2 Å². The maximum atomic E-state index is 13.3. The van der Waals surface area contributed by atoms with Gasteiger partial charge in [0.2, 0.25) is 11.8 Å². The van der Waals surface area contributed by atoms with Gasteiger partial charge in [0, 0.05) is 22.0 Å². The lowest BCUT2D eigenvalue weighted by Crippen LogP contribution is -2.26. The number of hydrogen-bond acceptors (Lipinski definition) is 4. The molecule has 3 N–H and O–H groups in total. The summed E-state index contributed by atoms with van der Waals surface area (Å²) >= 11 is 6.79. The Morgan fingerprint density at radius 2 is 1.81 bits per heavy atom. The molecule has 0 aromatic heterocycles. The Balaban J connectivity index is 2.10. The van der Waals surface area contributed by atoms with Crippen molar-refractivity contribution >= 4 is 52.5 Å². The second-order valence-corrected chi connectivity index (χ2v) is 8.37. The molecule has 0 saturated heterocycles. The Kier molecular flexibility index (Phi) is 8.97. The summed E-state index contributed by atoms with van der Waals surface area (Å²) in [6.45, 7) is 1.72. The van der Waals surface area contributed by atoms with Crippen LogP contribution in [0.1, 0.15) is 31.7 Å². The van der Waals surface area contributed by atoms with Crippen LogP contribution in [-0.4, -0.2) is 28.1 Å². The number of aliphatic carboxylic acids is 1. The van der Waals surface area contributed by atoms with E-state index in [1.54, 1.807) is 31.2 Å². The smallest absolute Gasteiger partial charge is 0.418 e. The Morgan fingerprint density at radius 1 is 1.09 bits per heavy atom. The van der Waals surface area contributed by atoms with Crippen molar-refractivity contribution in [1.82, 2.24) is 0 Å². The zero-order valence-corrected chi connectivity index (χ0v) is 18.4. The monoisotopic (exact) mass is 488 g/mol. The highest BCUT2D eigenvalue weighted by molar-refractivity contribution is 8.00. The van der Waals surface area contributed by atoms with E-state index in [1.165, 1.54) is 6.07 Å². The van der Waals surface area contributed by atoms with Crippen molar-refractivity contribution in [2.24, 2.45) is 0 Å². The number of carboxylic acids is 1. The van der Waals surface area contributed by atoms with Crippen molar-refractivity contribution in [1.29, 1.82) is 0 Å². The summed E-state index contributed by atoms with van der Waals surface area (Å²) in [5, 5.41) is 12.7. The maximum absolute atomic E-state index is 13.3. The van der Waals surface area contributed by atoms with Gasteiger partial charge in [-0.3, -0.25) is 14.4 Å². The van der Waals surface area contributed by atoms with Gasteiger partial charge >= 0.3 is 12.1 Å². The van der Waals surface area contributed by atoms with Crippen LogP contribution >= 0.6 is 23.4 Å². The average molecular weight is 489 g/mol. The average Bonchev–Trinajstić information content (AvgIpc) is 2.71. The molecule has 0 heterocycles. The third-order valence-corrected chi connectivity index (χ3v) is 5.76. The van der Waals surface area contributed by atoms with Crippen LogP contribution in [0.2, 0.25) is 5.02 Å². The van der Waals surface area contributed by atoms with Crippen molar-refractivity contribution < 1.29 is 32.7 Å². The van der Waals surface area contributed by atoms with Crippen LogP contribution in [0.5, 0.6) is 0 Å². The normalized spacial score (nSPS) is 12.2. The Hall–Kier alpha value is -2.72. The number of rotatable bonds is 9. The van der Waals surface area contributed by atoms with Gasteiger partial charge in [-0.1, -0.05) is 24.6 Å². The number of thioether (sulfide) groups is 1. The maximum Gasteiger partial charge on any atom is 0.418 e. The molecule has 0 aliphatic heterocycles. The number of halogens is 4. The number of carbonyl (C=O) groups is 3. The molecule has 6 nitrogen and oxygen atoms in total. The predicted molar refractivity (Wildman–Crippen MR) is 117 cm³/mol. The fourth-order valence-corrected chi connectivity index (χ4v) is 3.84. The van der Waals surface area contributed by atoms with E-state index < -0.39 is 34.8 Å². The number of carboxylic acid groups (broad SMARTS) is 1. The zero-order chi connectivity index (χ0) is 23.9. The topological polar surface area (TPSA) is 95.5 Å². The molecular weight excluding hydrogens is 469 g/mol. The second-order valence-electron chi connectivity index (χ2n) is 6.66. The van der Waals surface area contributed by atoms with Gasteiger partial charge in [0.05, 0.1) is 22.9 Å². The first-order valence-electron chi connectivity index (χ1n) is 9.45. The third-order valence-electron chi connectivity index (χ3n) is 4.17. The minimum Gasteiger partial charge on any atom is -0.481 e. The van der Waals surface area contributed by atoms with Gasteiger partial charge in [0.15, 0.2) is 0 Å². The van der Waals surface area contributed by atoms with Crippen molar-refractivity contribution in [2.45, 2.75) is 42.5 Å². The van der Waals surface area contributed by atoms with Crippen LogP contribution in [0.4, 0.5) is 24.5 Å². The molecule has 0 spiro atoms. The van der Waals surface area contributed by atoms with E-state index in [0.29, 0.717) is 17.0 Å². The van der Waals surface area contributed by atoms with E-state index in [2.05, 4.69) is 10.6 Å². The van der Waals surface area contributed by atoms with Crippen molar-refractivity contribution in [3.63, 3.8) is 0 Å². The molecule has 2 amide bonds. The minimum atomic E-state index is -4.68. The number of amides is 2. The molecule has 11 heteroatoms. The lowest BCUT2D eigenvalue weighted by molar-refractivity contribution is -0.138. The van der Waals surface area contributed by atoms with E-state index in [0.717, 1.165) is 23.9 Å². The summed E-state index contributed by atoms with van der Waals surface area (Å²) in [6.07, 6.45) is -4.84. The Bertz CT molecular complexity index is 1000.